The van der Waals surface area contributed by atoms with Crippen LogP contribution in [0.3, 0.4) is 0 Å². The minimum atomic E-state index is -0.400. The van der Waals surface area contributed by atoms with Crippen molar-refractivity contribution >= 4 is 17.6 Å². The first-order valence-corrected chi connectivity index (χ1v) is 9.31. The lowest BCUT2D eigenvalue weighted by molar-refractivity contribution is -0.138. The van der Waals surface area contributed by atoms with Gasteiger partial charge in [-0.15, -0.1) is 0 Å². The molecule has 1 aromatic carbocycles. The van der Waals surface area contributed by atoms with Crippen molar-refractivity contribution in [2.24, 2.45) is 0 Å². The molecule has 0 unspecified atom stereocenters. The molecular weight excluding hydrogens is 344 g/mol. The number of aromatic amines is 1. The summed E-state index contributed by atoms with van der Waals surface area (Å²) in [7, 11) is 1.79. The number of aromatic nitrogens is 3. The number of carbonyl (C=O) groups excluding carboxylic acids is 2. The maximum absolute atomic E-state index is 12.9. The van der Waals surface area contributed by atoms with Crippen LogP contribution in [0.2, 0.25) is 0 Å². The molecule has 0 spiro atoms. The quantitative estimate of drug-likeness (QED) is 0.846. The number of hydrogen-bond donors (Lipinski definition) is 2. The Kier molecular flexibility index (Phi) is 5.73. The van der Waals surface area contributed by atoms with Gasteiger partial charge in [-0.2, -0.15) is 5.10 Å². The van der Waals surface area contributed by atoms with Gasteiger partial charge in [0.25, 0.3) is 0 Å². The van der Waals surface area contributed by atoms with Crippen molar-refractivity contribution in [2.45, 2.75) is 39.2 Å². The monoisotopic (exact) mass is 370 g/mol. The minimum Gasteiger partial charge on any atom is -0.342 e. The smallest absolute Gasteiger partial charge is 0.322 e. The summed E-state index contributed by atoms with van der Waals surface area (Å²) in [6, 6.07) is 6.74. The van der Waals surface area contributed by atoms with Crippen LogP contribution in [0, 0.1) is 6.92 Å². The third-order valence-corrected chi connectivity index (χ3v) is 4.78. The average Bonchev–Trinajstić information content (AvgIpc) is 3.09. The molecule has 3 rings (SSSR count). The number of nitrogens with zero attached hydrogens (tertiary/aromatic N) is 4. The molecule has 2 heterocycles. The van der Waals surface area contributed by atoms with E-state index in [1.165, 1.54) is 0 Å². The van der Waals surface area contributed by atoms with Crippen LogP contribution in [0.1, 0.15) is 32.0 Å². The molecule has 0 radical (unpaired) electrons. The van der Waals surface area contributed by atoms with Crippen LogP contribution in [0.4, 0.5) is 10.5 Å². The van der Waals surface area contributed by atoms with Gasteiger partial charge in [0.2, 0.25) is 5.91 Å². The van der Waals surface area contributed by atoms with Gasteiger partial charge < -0.3 is 15.1 Å². The van der Waals surface area contributed by atoms with E-state index in [9.17, 15) is 9.59 Å². The van der Waals surface area contributed by atoms with Gasteiger partial charge in [-0.05, 0) is 25.5 Å². The maximum atomic E-state index is 12.9. The van der Waals surface area contributed by atoms with E-state index in [4.69, 9.17) is 0 Å². The highest BCUT2D eigenvalue weighted by Crippen LogP contribution is 2.21. The average molecular weight is 370 g/mol. The number of piperazine rings is 1. The van der Waals surface area contributed by atoms with Gasteiger partial charge in [-0.25, -0.2) is 9.78 Å². The van der Waals surface area contributed by atoms with Gasteiger partial charge in [0, 0.05) is 31.4 Å². The molecule has 1 aromatic heterocycles. The van der Waals surface area contributed by atoms with Gasteiger partial charge in [-0.1, -0.05) is 31.9 Å². The van der Waals surface area contributed by atoms with Crippen LogP contribution in [-0.2, 0) is 4.79 Å². The largest absolute Gasteiger partial charge is 0.342 e. The van der Waals surface area contributed by atoms with E-state index in [1.807, 2.05) is 31.2 Å². The van der Waals surface area contributed by atoms with Crippen LogP contribution in [0.15, 0.2) is 24.3 Å². The molecular formula is C19H26N6O2. The highest BCUT2D eigenvalue weighted by atomic mass is 16.2. The number of aryl methyl sites for hydroxylation is 1. The summed E-state index contributed by atoms with van der Waals surface area (Å²) < 4.78 is 0. The molecule has 0 saturated carbocycles. The fraction of sp³-hybridized carbons (Fsp3) is 0.474. The molecule has 1 aliphatic rings. The number of rotatable bonds is 5. The normalized spacial score (nSPS) is 17.3. The van der Waals surface area contributed by atoms with Crippen molar-refractivity contribution in [2.75, 3.05) is 25.5 Å². The molecule has 8 heteroatoms. The van der Waals surface area contributed by atoms with E-state index in [2.05, 4.69) is 27.4 Å². The number of urea groups is 1. The second-order valence-electron chi connectivity index (χ2n) is 6.87. The number of nitrogens with one attached hydrogen (secondary N) is 2. The van der Waals surface area contributed by atoms with Crippen molar-refractivity contribution in [3.05, 3.63) is 30.1 Å². The predicted octanol–water partition coefficient (Wildman–Crippen LogP) is 2.64. The SMILES string of the molecule is CCCC[C@H]1C(=O)N(C)CCN1C(=O)Nc1cccc(-c2n[nH]c(C)n2)c1. The highest BCUT2D eigenvalue weighted by molar-refractivity contribution is 5.94. The molecule has 8 nitrogen and oxygen atoms in total. The van der Waals surface area contributed by atoms with E-state index < -0.39 is 6.04 Å². The Morgan fingerprint density at radius 3 is 2.89 bits per heavy atom. The third-order valence-electron chi connectivity index (χ3n) is 4.78. The number of H-pyrrole nitrogens is 1. The molecule has 2 aromatic rings. The van der Waals surface area contributed by atoms with Gasteiger partial charge >= 0.3 is 6.03 Å². The van der Waals surface area contributed by atoms with Crippen molar-refractivity contribution in [1.82, 2.24) is 25.0 Å². The van der Waals surface area contributed by atoms with Gasteiger partial charge in [0.05, 0.1) is 0 Å². The Balaban J connectivity index is 1.74. The molecule has 1 fully saturated rings. The summed E-state index contributed by atoms with van der Waals surface area (Å²) in [6.07, 6.45) is 2.58. The Labute approximate surface area is 159 Å². The van der Waals surface area contributed by atoms with Gasteiger partial charge in [0.1, 0.15) is 11.9 Å². The topological polar surface area (TPSA) is 94.2 Å². The Morgan fingerprint density at radius 1 is 1.37 bits per heavy atom. The van der Waals surface area contributed by atoms with Crippen LogP contribution >= 0.6 is 0 Å². The third kappa shape index (κ3) is 4.27. The Morgan fingerprint density at radius 2 is 2.19 bits per heavy atom. The second-order valence-corrected chi connectivity index (χ2v) is 6.87. The fourth-order valence-corrected chi connectivity index (χ4v) is 3.23. The fourth-order valence-electron chi connectivity index (χ4n) is 3.23. The highest BCUT2D eigenvalue weighted by Gasteiger charge is 2.35. The molecule has 3 amide bonds. The number of anilines is 1. The van der Waals surface area contributed by atoms with Crippen molar-refractivity contribution in [1.29, 1.82) is 0 Å². The summed E-state index contributed by atoms with van der Waals surface area (Å²) in [4.78, 5) is 33.1. The number of hydrogen-bond acceptors (Lipinski definition) is 4. The molecule has 1 aliphatic heterocycles. The van der Waals surface area contributed by atoms with E-state index in [0.717, 1.165) is 24.2 Å². The first kappa shape index (κ1) is 18.9. The number of unbranched alkanes of at least 4 members (excludes halogenated alkanes) is 1. The van der Waals surface area contributed by atoms with Crippen LogP contribution < -0.4 is 5.32 Å². The molecule has 144 valence electrons. The zero-order chi connectivity index (χ0) is 19.4. The first-order chi connectivity index (χ1) is 13.0. The van der Waals surface area contributed by atoms with Gasteiger partial charge in [0.15, 0.2) is 5.82 Å². The minimum absolute atomic E-state index is 0.00907. The van der Waals surface area contributed by atoms with E-state index in [-0.39, 0.29) is 11.9 Å². The van der Waals surface area contributed by atoms with E-state index >= 15 is 0 Å². The zero-order valence-corrected chi connectivity index (χ0v) is 16.0. The van der Waals surface area contributed by atoms with Crippen molar-refractivity contribution in [3.63, 3.8) is 0 Å². The molecule has 27 heavy (non-hydrogen) atoms. The van der Waals surface area contributed by atoms with Gasteiger partial charge in [-0.3, -0.25) is 9.89 Å². The molecule has 0 aliphatic carbocycles. The summed E-state index contributed by atoms with van der Waals surface area (Å²) in [6.45, 7) is 4.99. The molecule has 0 bridgehead atoms. The summed E-state index contributed by atoms with van der Waals surface area (Å²) in [5, 5.41) is 9.89. The Hall–Kier alpha value is -2.90. The lowest BCUT2D eigenvalue weighted by atomic mass is 10.0. The van der Waals surface area contributed by atoms with Crippen LogP contribution in [-0.4, -0.2) is 63.1 Å². The Bertz CT molecular complexity index is 818. The second kappa shape index (κ2) is 8.20. The number of likely N-dealkylation sites (N-methyl/N-ethyl adjacent to an activating group) is 1. The summed E-state index contributed by atoms with van der Waals surface area (Å²) in [5.41, 5.74) is 1.47. The summed E-state index contributed by atoms with van der Waals surface area (Å²) >= 11 is 0. The number of benzene rings is 1. The first-order valence-electron chi connectivity index (χ1n) is 9.31. The standard InChI is InChI=1S/C19H26N6O2/c1-4-5-9-16-18(26)24(3)10-11-25(16)19(27)21-15-8-6-7-14(12-15)17-20-13(2)22-23-17/h6-8,12,16H,4-5,9-11H2,1-3H3,(H,21,27)(H,20,22,23)/t16-/m0/s1. The van der Waals surface area contributed by atoms with E-state index in [0.29, 0.717) is 31.0 Å². The molecule has 1 saturated heterocycles. The number of carbonyl (C=O) groups is 2. The van der Waals surface area contributed by atoms with E-state index in [1.54, 1.807) is 16.8 Å². The van der Waals surface area contributed by atoms with Crippen molar-refractivity contribution < 1.29 is 9.59 Å². The lowest BCUT2D eigenvalue weighted by Crippen LogP contribution is -2.58. The predicted molar refractivity (Wildman–Crippen MR) is 103 cm³/mol. The zero-order valence-electron chi connectivity index (χ0n) is 16.0. The summed E-state index contributed by atoms with van der Waals surface area (Å²) in [5.74, 6) is 1.32. The molecule has 1 atom stereocenters. The maximum Gasteiger partial charge on any atom is 0.322 e. The van der Waals surface area contributed by atoms with Crippen LogP contribution in [0.5, 0.6) is 0 Å². The number of amides is 3. The lowest BCUT2D eigenvalue weighted by Gasteiger charge is -2.39. The molecule has 2 N–H and O–H groups in total. The van der Waals surface area contributed by atoms with Crippen LogP contribution in [0.25, 0.3) is 11.4 Å². The van der Waals surface area contributed by atoms with Crippen molar-refractivity contribution in [3.8, 4) is 11.4 Å².